The molecule has 2 aromatic rings. The van der Waals surface area contributed by atoms with Crippen LogP contribution < -0.4 is 5.32 Å². The van der Waals surface area contributed by atoms with Gasteiger partial charge in [0.2, 0.25) is 5.91 Å². The molecule has 2 fully saturated rings. The standard InChI is InChI=1S/C30H40N2O4/c1-21(2)20-36-30(35)32(25-16-17-25)18-22-12-14-23(15-13-22)26-10-6-7-11-27(26)29(34)31-28(19-33)24-8-4-3-5-9-24/h3-5,8-9,12-15,21,25-28,33H,6-7,10-11,16-20H2,1-2H3,(H,31,34). The van der Waals surface area contributed by atoms with Crippen LogP contribution in [-0.4, -0.2) is 41.3 Å². The predicted molar refractivity (Wildman–Crippen MR) is 140 cm³/mol. The minimum atomic E-state index is -0.396. The Morgan fingerprint density at radius 1 is 1.00 bits per heavy atom. The van der Waals surface area contributed by atoms with E-state index in [4.69, 9.17) is 4.74 Å². The van der Waals surface area contributed by atoms with Gasteiger partial charge in [-0.25, -0.2) is 4.79 Å². The fraction of sp³-hybridized carbons (Fsp3) is 0.533. The second-order valence-electron chi connectivity index (χ2n) is 10.7. The highest BCUT2D eigenvalue weighted by molar-refractivity contribution is 5.80. The van der Waals surface area contributed by atoms with Gasteiger partial charge in [0.15, 0.2) is 0 Å². The summed E-state index contributed by atoms with van der Waals surface area (Å²) in [6.07, 6.45) is 5.81. The molecule has 0 bridgehead atoms. The molecule has 2 aliphatic rings. The summed E-state index contributed by atoms with van der Waals surface area (Å²) in [4.78, 5) is 27.8. The van der Waals surface area contributed by atoms with Crippen LogP contribution in [0.1, 0.15) is 81.0 Å². The molecule has 6 heteroatoms. The van der Waals surface area contributed by atoms with Crippen molar-refractivity contribution >= 4 is 12.0 Å². The zero-order chi connectivity index (χ0) is 25.5. The molecule has 36 heavy (non-hydrogen) atoms. The van der Waals surface area contributed by atoms with Crippen molar-refractivity contribution in [2.75, 3.05) is 13.2 Å². The average Bonchev–Trinajstić information content (AvgIpc) is 3.75. The monoisotopic (exact) mass is 492 g/mol. The minimum Gasteiger partial charge on any atom is -0.449 e. The lowest BCUT2D eigenvalue weighted by Gasteiger charge is -2.32. The number of benzene rings is 2. The van der Waals surface area contributed by atoms with Crippen molar-refractivity contribution < 1.29 is 19.4 Å². The van der Waals surface area contributed by atoms with Crippen LogP contribution >= 0.6 is 0 Å². The summed E-state index contributed by atoms with van der Waals surface area (Å²) >= 11 is 0. The topological polar surface area (TPSA) is 78.9 Å². The number of hydrogen-bond donors (Lipinski definition) is 2. The number of hydrogen-bond acceptors (Lipinski definition) is 4. The molecule has 2 aliphatic carbocycles. The number of rotatable bonds is 10. The van der Waals surface area contributed by atoms with Gasteiger partial charge in [-0.2, -0.15) is 0 Å². The Bertz CT molecular complexity index is 988. The van der Waals surface area contributed by atoms with Gasteiger partial charge in [0, 0.05) is 18.5 Å². The van der Waals surface area contributed by atoms with Crippen LogP contribution in [0.25, 0.3) is 0 Å². The molecule has 0 spiro atoms. The molecule has 2 amide bonds. The Kier molecular flexibility index (Phi) is 9.03. The van der Waals surface area contributed by atoms with E-state index in [2.05, 4.69) is 29.6 Å². The molecule has 0 saturated heterocycles. The minimum absolute atomic E-state index is 0.0134. The smallest absolute Gasteiger partial charge is 0.410 e. The van der Waals surface area contributed by atoms with Gasteiger partial charge in [-0.1, -0.05) is 81.3 Å². The van der Waals surface area contributed by atoms with Crippen LogP contribution in [0.5, 0.6) is 0 Å². The van der Waals surface area contributed by atoms with E-state index in [0.29, 0.717) is 19.1 Å². The van der Waals surface area contributed by atoms with Crippen molar-refractivity contribution in [1.29, 1.82) is 0 Å². The number of aliphatic hydroxyl groups is 1. The second-order valence-corrected chi connectivity index (χ2v) is 10.7. The van der Waals surface area contributed by atoms with Crippen molar-refractivity contribution in [3.05, 3.63) is 71.3 Å². The molecular formula is C30H40N2O4. The molecule has 0 aromatic heterocycles. The van der Waals surface area contributed by atoms with E-state index in [1.165, 1.54) is 5.56 Å². The van der Waals surface area contributed by atoms with Gasteiger partial charge in [0.1, 0.15) is 0 Å². The highest BCUT2D eigenvalue weighted by atomic mass is 16.6. The maximum absolute atomic E-state index is 13.3. The van der Waals surface area contributed by atoms with E-state index >= 15 is 0 Å². The molecule has 0 aliphatic heterocycles. The molecule has 2 aromatic carbocycles. The first-order valence-electron chi connectivity index (χ1n) is 13.4. The van der Waals surface area contributed by atoms with Crippen LogP contribution in [0, 0.1) is 11.8 Å². The zero-order valence-electron chi connectivity index (χ0n) is 21.6. The molecule has 3 unspecified atom stereocenters. The van der Waals surface area contributed by atoms with E-state index in [0.717, 1.165) is 49.7 Å². The Balaban J connectivity index is 1.41. The van der Waals surface area contributed by atoms with Gasteiger partial charge in [0.05, 0.1) is 19.3 Å². The number of carbonyl (C=O) groups excluding carboxylic acids is 2. The lowest BCUT2D eigenvalue weighted by molar-refractivity contribution is -0.127. The normalized spacial score (nSPS) is 20.6. The van der Waals surface area contributed by atoms with Crippen LogP contribution in [0.2, 0.25) is 0 Å². The SMILES string of the molecule is CC(C)COC(=O)N(Cc1ccc(C2CCCCC2C(=O)NC(CO)c2ccccc2)cc1)C1CC1. The van der Waals surface area contributed by atoms with Crippen LogP contribution in [0.4, 0.5) is 4.79 Å². The first-order chi connectivity index (χ1) is 17.5. The largest absolute Gasteiger partial charge is 0.449 e. The van der Waals surface area contributed by atoms with Crippen molar-refractivity contribution in [1.82, 2.24) is 10.2 Å². The van der Waals surface area contributed by atoms with E-state index in [9.17, 15) is 14.7 Å². The lowest BCUT2D eigenvalue weighted by atomic mass is 9.74. The van der Waals surface area contributed by atoms with Crippen molar-refractivity contribution in [2.45, 2.75) is 76.9 Å². The Labute approximate surface area is 215 Å². The molecule has 2 saturated carbocycles. The van der Waals surface area contributed by atoms with Gasteiger partial charge >= 0.3 is 6.09 Å². The second kappa shape index (κ2) is 12.4. The summed E-state index contributed by atoms with van der Waals surface area (Å²) in [5.41, 5.74) is 3.16. The third-order valence-electron chi connectivity index (χ3n) is 7.33. The number of nitrogens with one attached hydrogen (secondary N) is 1. The Morgan fingerprint density at radius 2 is 1.69 bits per heavy atom. The van der Waals surface area contributed by atoms with Gasteiger partial charge in [-0.05, 0) is 54.2 Å². The van der Waals surface area contributed by atoms with Gasteiger partial charge in [-0.15, -0.1) is 0 Å². The summed E-state index contributed by atoms with van der Waals surface area (Å²) in [5.74, 6) is 0.365. The Hall–Kier alpha value is -2.86. The number of ether oxygens (including phenoxy) is 1. The zero-order valence-corrected chi connectivity index (χ0v) is 21.6. The first kappa shape index (κ1) is 26.2. The molecule has 3 atom stereocenters. The summed E-state index contributed by atoms with van der Waals surface area (Å²) in [6.45, 7) is 4.94. The Morgan fingerprint density at radius 3 is 2.33 bits per heavy atom. The average molecular weight is 493 g/mol. The van der Waals surface area contributed by atoms with E-state index in [1.807, 2.05) is 49.1 Å². The van der Waals surface area contributed by atoms with Crippen molar-refractivity contribution in [3.8, 4) is 0 Å². The third-order valence-corrected chi connectivity index (χ3v) is 7.33. The first-order valence-corrected chi connectivity index (χ1v) is 13.4. The fourth-order valence-electron chi connectivity index (χ4n) is 5.16. The summed E-state index contributed by atoms with van der Waals surface area (Å²) in [7, 11) is 0. The van der Waals surface area contributed by atoms with Gasteiger partial charge < -0.3 is 20.1 Å². The summed E-state index contributed by atoms with van der Waals surface area (Å²) in [6, 6.07) is 17.9. The fourth-order valence-corrected chi connectivity index (χ4v) is 5.16. The third kappa shape index (κ3) is 6.88. The van der Waals surface area contributed by atoms with Crippen LogP contribution in [0.3, 0.4) is 0 Å². The highest BCUT2D eigenvalue weighted by Crippen LogP contribution is 2.38. The van der Waals surface area contributed by atoms with Crippen molar-refractivity contribution in [2.24, 2.45) is 11.8 Å². The number of nitrogens with zero attached hydrogens (tertiary/aromatic N) is 1. The van der Waals surface area contributed by atoms with Crippen molar-refractivity contribution in [3.63, 3.8) is 0 Å². The maximum atomic E-state index is 13.3. The quantitative estimate of drug-likeness (QED) is 0.455. The summed E-state index contributed by atoms with van der Waals surface area (Å²) < 4.78 is 5.50. The molecule has 6 nitrogen and oxygen atoms in total. The molecule has 194 valence electrons. The lowest BCUT2D eigenvalue weighted by Crippen LogP contribution is -2.39. The van der Waals surface area contributed by atoms with Crippen LogP contribution in [-0.2, 0) is 16.1 Å². The molecular weight excluding hydrogens is 452 g/mol. The van der Waals surface area contributed by atoms with Gasteiger partial charge in [-0.3, -0.25) is 4.79 Å². The molecule has 0 heterocycles. The van der Waals surface area contributed by atoms with Crippen LogP contribution in [0.15, 0.2) is 54.6 Å². The number of carbonyl (C=O) groups is 2. The molecule has 0 radical (unpaired) electrons. The molecule has 2 N–H and O–H groups in total. The predicted octanol–water partition coefficient (Wildman–Crippen LogP) is 5.57. The molecule has 4 rings (SSSR count). The highest BCUT2D eigenvalue weighted by Gasteiger charge is 2.35. The summed E-state index contributed by atoms with van der Waals surface area (Å²) in [5, 5.41) is 13.0. The van der Waals surface area contributed by atoms with Gasteiger partial charge in [0.25, 0.3) is 0 Å². The maximum Gasteiger partial charge on any atom is 0.410 e. The van der Waals surface area contributed by atoms with E-state index < -0.39 is 6.04 Å². The number of aliphatic hydroxyl groups excluding tert-OH is 1. The van der Waals surface area contributed by atoms with E-state index in [-0.39, 0.29) is 36.5 Å². The van der Waals surface area contributed by atoms with E-state index in [1.54, 1.807) is 0 Å². The number of amides is 2.